The molecular weight excluding hydrogens is 416 g/mol. The van der Waals surface area contributed by atoms with Gasteiger partial charge in [0, 0.05) is 44.1 Å². The Bertz CT molecular complexity index is 1330. The van der Waals surface area contributed by atoms with Crippen LogP contribution in [-0.4, -0.2) is 52.9 Å². The molecule has 2 aromatic carbocycles. The third kappa shape index (κ3) is 3.92. The van der Waals surface area contributed by atoms with Crippen molar-refractivity contribution in [3.05, 3.63) is 54.5 Å². The van der Waals surface area contributed by atoms with E-state index in [4.69, 9.17) is 9.72 Å². The highest BCUT2D eigenvalue weighted by Crippen LogP contribution is 2.33. The number of morpholine rings is 1. The number of benzene rings is 2. The second-order valence-corrected chi connectivity index (χ2v) is 7.80. The van der Waals surface area contributed by atoms with Crippen LogP contribution in [0.2, 0.25) is 0 Å². The highest BCUT2D eigenvalue weighted by molar-refractivity contribution is 5.96. The molecule has 33 heavy (non-hydrogen) atoms. The lowest BCUT2D eigenvalue weighted by Crippen LogP contribution is -2.36. The lowest BCUT2D eigenvalue weighted by molar-refractivity contribution is 0.122. The van der Waals surface area contributed by atoms with Gasteiger partial charge >= 0.3 is 0 Å². The fraction of sp³-hybridized carbons (Fsp3) is 0.250. The summed E-state index contributed by atoms with van der Waals surface area (Å²) in [5, 5.41) is 15.9. The van der Waals surface area contributed by atoms with Crippen LogP contribution in [0.1, 0.15) is 5.56 Å². The quantitative estimate of drug-likeness (QED) is 0.486. The van der Waals surface area contributed by atoms with E-state index in [0.29, 0.717) is 22.9 Å². The van der Waals surface area contributed by atoms with Crippen LogP contribution in [0.15, 0.2) is 48.9 Å². The summed E-state index contributed by atoms with van der Waals surface area (Å²) in [6.45, 7) is 3.34. The van der Waals surface area contributed by atoms with E-state index in [1.807, 2.05) is 36.9 Å². The van der Waals surface area contributed by atoms with E-state index in [9.17, 15) is 5.26 Å². The van der Waals surface area contributed by atoms with Gasteiger partial charge in [0.2, 0.25) is 0 Å². The Morgan fingerprint density at radius 1 is 1.06 bits per heavy atom. The molecule has 0 saturated carbocycles. The Balaban J connectivity index is 1.43. The lowest BCUT2D eigenvalue weighted by atomic mass is 10.1. The van der Waals surface area contributed by atoms with Gasteiger partial charge in [0.25, 0.3) is 0 Å². The Labute approximate surface area is 191 Å². The molecule has 0 radical (unpaired) electrons. The first-order valence-electron chi connectivity index (χ1n) is 10.8. The van der Waals surface area contributed by atoms with Crippen molar-refractivity contribution in [3.8, 4) is 17.3 Å². The maximum atomic E-state index is 9.46. The first-order chi connectivity index (χ1) is 16.2. The SMILES string of the molecule is CNc1nc(Nc2ccc(N3CCOCC3)cc2)cnc1-c1ccc(C#N)c2c1ncn2C. The normalized spacial score (nSPS) is 13.7. The van der Waals surface area contributed by atoms with Crippen molar-refractivity contribution in [3.63, 3.8) is 0 Å². The summed E-state index contributed by atoms with van der Waals surface area (Å²) in [6.07, 6.45) is 3.41. The van der Waals surface area contributed by atoms with Crippen LogP contribution in [0.3, 0.4) is 0 Å². The number of aromatic nitrogens is 4. The smallest absolute Gasteiger partial charge is 0.154 e. The fourth-order valence-corrected chi connectivity index (χ4v) is 4.10. The molecule has 4 aromatic rings. The molecular formula is C24H24N8O. The molecule has 0 amide bonds. The van der Waals surface area contributed by atoms with Gasteiger partial charge in [-0.3, -0.25) is 0 Å². The highest BCUT2D eigenvalue weighted by Gasteiger charge is 2.17. The number of nitrogens with one attached hydrogen (secondary N) is 2. The number of imidazole rings is 1. The van der Waals surface area contributed by atoms with Crippen molar-refractivity contribution in [2.45, 2.75) is 0 Å². The number of rotatable bonds is 5. The van der Waals surface area contributed by atoms with Crippen LogP contribution in [0.25, 0.3) is 22.3 Å². The van der Waals surface area contributed by atoms with Gasteiger partial charge in [-0.2, -0.15) is 5.26 Å². The van der Waals surface area contributed by atoms with Crippen LogP contribution in [0, 0.1) is 11.3 Å². The van der Waals surface area contributed by atoms with Gasteiger partial charge in [0.1, 0.15) is 11.8 Å². The standard InChI is InChI=1S/C24H24N8O/c1-26-24-22(19-8-3-16(13-25)23-21(19)28-15-31(23)2)27-14-20(30-24)29-17-4-6-18(7-5-17)32-9-11-33-12-10-32/h3-8,14-15H,9-12H2,1-2H3,(H2,26,29,30). The Hall–Kier alpha value is -4.16. The van der Waals surface area contributed by atoms with Crippen LogP contribution in [0.4, 0.5) is 23.0 Å². The van der Waals surface area contributed by atoms with Gasteiger partial charge in [-0.1, -0.05) is 0 Å². The van der Waals surface area contributed by atoms with Crippen molar-refractivity contribution < 1.29 is 4.74 Å². The number of aryl methyl sites for hydroxylation is 1. The van der Waals surface area contributed by atoms with Crippen LogP contribution < -0.4 is 15.5 Å². The van der Waals surface area contributed by atoms with Gasteiger partial charge in [0.15, 0.2) is 11.6 Å². The predicted octanol–water partition coefficient (Wildman–Crippen LogP) is 3.52. The second-order valence-electron chi connectivity index (χ2n) is 7.80. The third-order valence-electron chi connectivity index (χ3n) is 5.76. The summed E-state index contributed by atoms with van der Waals surface area (Å²) in [5.41, 5.74) is 5.69. The lowest BCUT2D eigenvalue weighted by Gasteiger charge is -2.28. The molecule has 9 heteroatoms. The summed E-state index contributed by atoms with van der Waals surface area (Å²) in [6, 6.07) is 14.2. The summed E-state index contributed by atoms with van der Waals surface area (Å²) >= 11 is 0. The average Bonchev–Trinajstić information content (AvgIpc) is 3.26. The number of fused-ring (bicyclic) bond motifs is 1. The Kier molecular flexibility index (Phi) is 5.50. The Morgan fingerprint density at radius 2 is 1.85 bits per heavy atom. The van der Waals surface area contributed by atoms with Crippen LogP contribution >= 0.6 is 0 Å². The molecule has 3 heterocycles. The average molecular weight is 441 g/mol. The van der Waals surface area contributed by atoms with Crippen molar-refractivity contribution in [1.29, 1.82) is 5.26 Å². The molecule has 0 spiro atoms. The molecule has 166 valence electrons. The van der Waals surface area contributed by atoms with Crippen molar-refractivity contribution >= 4 is 34.0 Å². The van der Waals surface area contributed by atoms with E-state index in [1.54, 1.807) is 18.6 Å². The van der Waals surface area contributed by atoms with Crippen molar-refractivity contribution in [2.75, 3.05) is 48.9 Å². The Morgan fingerprint density at radius 3 is 2.58 bits per heavy atom. The molecule has 5 rings (SSSR count). The fourth-order valence-electron chi connectivity index (χ4n) is 4.10. The summed E-state index contributed by atoms with van der Waals surface area (Å²) in [7, 11) is 3.69. The summed E-state index contributed by atoms with van der Waals surface area (Å²) in [5.74, 6) is 1.26. The molecule has 0 atom stereocenters. The largest absolute Gasteiger partial charge is 0.378 e. The van der Waals surface area contributed by atoms with E-state index in [0.717, 1.165) is 48.6 Å². The maximum Gasteiger partial charge on any atom is 0.154 e. The monoisotopic (exact) mass is 440 g/mol. The van der Waals surface area contributed by atoms with Gasteiger partial charge < -0.3 is 24.8 Å². The molecule has 1 saturated heterocycles. The van der Waals surface area contributed by atoms with Gasteiger partial charge in [0.05, 0.1) is 42.3 Å². The number of ether oxygens (including phenoxy) is 1. The van der Waals surface area contributed by atoms with E-state index in [-0.39, 0.29) is 0 Å². The number of nitriles is 1. The first kappa shape index (κ1) is 20.7. The van der Waals surface area contributed by atoms with E-state index >= 15 is 0 Å². The topological polar surface area (TPSA) is 104 Å². The first-order valence-corrected chi connectivity index (χ1v) is 10.8. The van der Waals surface area contributed by atoms with E-state index in [1.165, 1.54) is 5.69 Å². The number of hydrogen-bond acceptors (Lipinski definition) is 8. The molecule has 1 aliphatic rings. The molecule has 1 aliphatic heterocycles. The molecule has 0 bridgehead atoms. The number of nitrogens with zero attached hydrogens (tertiary/aromatic N) is 6. The number of anilines is 4. The predicted molar refractivity (Wildman–Crippen MR) is 129 cm³/mol. The van der Waals surface area contributed by atoms with Crippen LogP contribution in [-0.2, 0) is 11.8 Å². The highest BCUT2D eigenvalue weighted by atomic mass is 16.5. The van der Waals surface area contributed by atoms with E-state index in [2.05, 4.69) is 43.7 Å². The molecule has 2 aromatic heterocycles. The summed E-state index contributed by atoms with van der Waals surface area (Å²) in [4.78, 5) is 16.2. The molecule has 0 aliphatic carbocycles. The molecule has 2 N–H and O–H groups in total. The van der Waals surface area contributed by atoms with Gasteiger partial charge in [-0.25, -0.2) is 15.0 Å². The number of hydrogen-bond donors (Lipinski definition) is 2. The van der Waals surface area contributed by atoms with Crippen molar-refractivity contribution in [2.24, 2.45) is 7.05 Å². The van der Waals surface area contributed by atoms with E-state index < -0.39 is 0 Å². The second kappa shape index (κ2) is 8.76. The molecule has 0 unspecified atom stereocenters. The molecule has 9 nitrogen and oxygen atoms in total. The molecule has 1 fully saturated rings. The van der Waals surface area contributed by atoms with Crippen LogP contribution in [0.5, 0.6) is 0 Å². The minimum atomic E-state index is 0.575. The third-order valence-corrected chi connectivity index (χ3v) is 5.76. The maximum absolute atomic E-state index is 9.46. The van der Waals surface area contributed by atoms with Gasteiger partial charge in [-0.15, -0.1) is 0 Å². The summed E-state index contributed by atoms with van der Waals surface area (Å²) < 4.78 is 7.28. The minimum absolute atomic E-state index is 0.575. The zero-order chi connectivity index (χ0) is 22.8. The zero-order valence-corrected chi connectivity index (χ0v) is 18.5. The zero-order valence-electron chi connectivity index (χ0n) is 18.5. The van der Waals surface area contributed by atoms with Gasteiger partial charge in [-0.05, 0) is 36.4 Å². The van der Waals surface area contributed by atoms with Crippen molar-refractivity contribution in [1.82, 2.24) is 19.5 Å². The minimum Gasteiger partial charge on any atom is -0.378 e.